The molecule has 0 unspecified atom stereocenters. The fourth-order valence-electron chi connectivity index (χ4n) is 2.99. The van der Waals surface area contributed by atoms with Crippen molar-refractivity contribution in [2.24, 2.45) is 0 Å². The minimum atomic E-state index is -0.569. The van der Waals surface area contributed by atoms with E-state index in [-0.39, 0.29) is 0 Å². The van der Waals surface area contributed by atoms with Gasteiger partial charge in [0.1, 0.15) is 0 Å². The molecule has 2 amide bonds. The number of anilines is 2. The van der Waals surface area contributed by atoms with Crippen LogP contribution in [0, 0.1) is 0 Å². The van der Waals surface area contributed by atoms with E-state index in [9.17, 15) is 9.59 Å². The molecular weight excluding hydrogens is 308 g/mol. The van der Waals surface area contributed by atoms with E-state index in [0.29, 0.717) is 32.0 Å². The van der Waals surface area contributed by atoms with Crippen LogP contribution in [0.25, 0.3) is 0 Å². The largest absolute Gasteiger partial charge is 0.378 e. The fourth-order valence-corrected chi connectivity index (χ4v) is 2.99. The van der Waals surface area contributed by atoms with Crippen LogP contribution in [0.4, 0.5) is 11.4 Å². The van der Waals surface area contributed by atoms with Crippen molar-refractivity contribution in [1.82, 2.24) is 9.80 Å². The van der Waals surface area contributed by atoms with Crippen LogP contribution in [-0.2, 0) is 14.3 Å². The van der Waals surface area contributed by atoms with E-state index >= 15 is 0 Å². The smallest absolute Gasteiger partial charge is 0.313 e. The van der Waals surface area contributed by atoms with E-state index < -0.39 is 11.8 Å². The Morgan fingerprint density at radius 3 is 2.38 bits per heavy atom. The summed E-state index contributed by atoms with van der Waals surface area (Å²) in [7, 11) is 2.01. The molecule has 0 saturated carbocycles. The lowest BCUT2D eigenvalue weighted by atomic mass is 10.2. The van der Waals surface area contributed by atoms with Crippen molar-refractivity contribution in [2.45, 2.75) is 0 Å². The van der Waals surface area contributed by atoms with Crippen LogP contribution in [0.3, 0.4) is 0 Å². The van der Waals surface area contributed by atoms with Gasteiger partial charge in [-0.05, 0) is 19.2 Å². The summed E-state index contributed by atoms with van der Waals surface area (Å²) in [6.45, 7) is 5.66. The number of benzene rings is 1. The number of hydrogen-bond acceptors (Lipinski definition) is 5. The van der Waals surface area contributed by atoms with Crippen LogP contribution in [-0.4, -0.2) is 81.1 Å². The molecule has 2 heterocycles. The maximum absolute atomic E-state index is 12.4. The minimum absolute atomic E-state index is 0.458. The number of morpholine rings is 1. The van der Waals surface area contributed by atoms with Gasteiger partial charge < -0.3 is 24.8 Å². The van der Waals surface area contributed by atoms with Gasteiger partial charge in [-0.1, -0.05) is 12.1 Å². The highest BCUT2D eigenvalue weighted by molar-refractivity contribution is 6.39. The van der Waals surface area contributed by atoms with Gasteiger partial charge in [0.25, 0.3) is 0 Å². The number of ether oxygens (including phenoxy) is 1. The summed E-state index contributed by atoms with van der Waals surface area (Å²) in [5, 5.41) is 2.79. The number of rotatable bonds is 2. The van der Waals surface area contributed by atoms with Crippen molar-refractivity contribution in [2.75, 3.05) is 69.7 Å². The number of nitrogens with zero attached hydrogens (tertiary/aromatic N) is 3. The summed E-state index contributed by atoms with van der Waals surface area (Å²) < 4.78 is 5.37. The molecule has 2 aliphatic heterocycles. The molecule has 2 aliphatic rings. The van der Waals surface area contributed by atoms with Crippen LogP contribution >= 0.6 is 0 Å². The third-order valence-corrected chi connectivity index (χ3v) is 4.49. The van der Waals surface area contributed by atoms with Crippen molar-refractivity contribution in [1.29, 1.82) is 0 Å². The number of nitrogens with one attached hydrogen (secondary N) is 1. The number of carbonyl (C=O) groups excluding carboxylic acids is 2. The molecule has 0 aromatic heterocycles. The zero-order valence-corrected chi connectivity index (χ0v) is 14.0. The van der Waals surface area contributed by atoms with Gasteiger partial charge in [-0.25, -0.2) is 0 Å². The van der Waals surface area contributed by atoms with Crippen LogP contribution < -0.4 is 10.2 Å². The normalized spacial score (nSPS) is 19.2. The van der Waals surface area contributed by atoms with E-state index in [1.165, 1.54) is 0 Å². The van der Waals surface area contributed by atoms with Crippen LogP contribution in [0.5, 0.6) is 0 Å². The Morgan fingerprint density at radius 1 is 1.00 bits per heavy atom. The molecule has 2 fully saturated rings. The molecule has 0 radical (unpaired) electrons. The number of likely N-dealkylation sites (N-methyl/N-ethyl adjacent to an activating group) is 1. The molecule has 0 bridgehead atoms. The van der Waals surface area contributed by atoms with E-state index in [1.807, 2.05) is 31.3 Å². The molecule has 24 heavy (non-hydrogen) atoms. The first-order chi connectivity index (χ1) is 11.6. The molecule has 1 aromatic rings. The van der Waals surface area contributed by atoms with Gasteiger partial charge in [0, 0.05) is 39.3 Å². The lowest BCUT2D eigenvalue weighted by Crippen LogP contribution is -2.50. The lowest BCUT2D eigenvalue weighted by Gasteiger charge is -2.32. The third kappa shape index (κ3) is 3.85. The lowest BCUT2D eigenvalue weighted by molar-refractivity contribution is -0.144. The van der Waals surface area contributed by atoms with Gasteiger partial charge in [0.05, 0.1) is 24.6 Å². The first-order valence-corrected chi connectivity index (χ1v) is 8.35. The van der Waals surface area contributed by atoms with Gasteiger partial charge in [-0.3, -0.25) is 9.59 Å². The second kappa shape index (κ2) is 7.63. The Balaban J connectivity index is 1.67. The average Bonchev–Trinajstić information content (AvgIpc) is 2.63. The predicted octanol–water partition coefficient (Wildman–Crippen LogP) is 0.236. The van der Waals surface area contributed by atoms with Gasteiger partial charge >= 0.3 is 11.8 Å². The van der Waals surface area contributed by atoms with Crippen molar-refractivity contribution in [3.63, 3.8) is 0 Å². The summed E-state index contributed by atoms with van der Waals surface area (Å²) in [6, 6.07) is 7.59. The quantitative estimate of drug-likeness (QED) is 0.786. The number of hydrogen-bond donors (Lipinski definition) is 1. The highest BCUT2D eigenvalue weighted by atomic mass is 16.5. The summed E-state index contributed by atoms with van der Waals surface area (Å²) in [6.07, 6.45) is 0. The molecule has 2 saturated heterocycles. The van der Waals surface area contributed by atoms with Crippen molar-refractivity contribution < 1.29 is 14.3 Å². The van der Waals surface area contributed by atoms with Crippen molar-refractivity contribution >= 4 is 23.2 Å². The molecule has 1 aromatic carbocycles. The molecule has 3 rings (SSSR count). The Hall–Kier alpha value is -2.12. The third-order valence-electron chi connectivity index (χ3n) is 4.49. The Bertz CT molecular complexity index is 593. The van der Waals surface area contributed by atoms with E-state index in [1.54, 1.807) is 4.90 Å². The predicted molar refractivity (Wildman–Crippen MR) is 92.2 cm³/mol. The molecular formula is C17H24N4O3. The first-order valence-electron chi connectivity index (χ1n) is 8.35. The average molecular weight is 332 g/mol. The molecule has 0 atom stereocenters. The minimum Gasteiger partial charge on any atom is -0.378 e. The van der Waals surface area contributed by atoms with Crippen molar-refractivity contribution in [3.8, 4) is 0 Å². The Kier molecular flexibility index (Phi) is 5.32. The van der Waals surface area contributed by atoms with Gasteiger partial charge in [0.2, 0.25) is 0 Å². The number of carbonyl (C=O) groups is 2. The van der Waals surface area contributed by atoms with Crippen LogP contribution in [0.2, 0.25) is 0 Å². The topological polar surface area (TPSA) is 65.1 Å². The maximum Gasteiger partial charge on any atom is 0.313 e. The maximum atomic E-state index is 12.4. The highest BCUT2D eigenvalue weighted by Crippen LogP contribution is 2.26. The standard InChI is InChI=1S/C17H24N4O3/c1-19-6-8-21(9-7-19)17(23)16(22)18-14-4-2-3-5-15(14)20-10-12-24-13-11-20/h2-5H,6-13H2,1H3,(H,18,22). The van der Waals surface area contributed by atoms with Gasteiger partial charge in [-0.2, -0.15) is 0 Å². The van der Waals surface area contributed by atoms with E-state index in [2.05, 4.69) is 15.1 Å². The molecule has 130 valence electrons. The molecule has 7 nitrogen and oxygen atoms in total. The van der Waals surface area contributed by atoms with Crippen LogP contribution in [0.1, 0.15) is 0 Å². The molecule has 1 N–H and O–H groups in total. The summed E-state index contributed by atoms with van der Waals surface area (Å²) in [5.41, 5.74) is 1.60. The summed E-state index contributed by atoms with van der Waals surface area (Å²) in [5.74, 6) is -1.03. The van der Waals surface area contributed by atoms with E-state index in [4.69, 9.17) is 4.74 Å². The zero-order valence-electron chi connectivity index (χ0n) is 14.0. The number of para-hydroxylation sites is 2. The molecule has 0 spiro atoms. The second-order valence-electron chi connectivity index (χ2n) is 6.17. The van der Waals surface area contributed by atoms with E-state index in [0.717, 1.165) is 31.9 Å². The first kappa shape index (κ1) is 16.7. The van der Waals surface area contributed by atoms with Crippen molar-refractivity contribution in [3.05, 3.63) is 24.3 Å². The zero-order chi connectivity index (χ0) is 16.9. The van der Waals surface area contributed by atoms with Gasteiger partial charge in [-0.15, -0.1) is 0 Å². The molecule has 7 heteroatoms. The fraction of sp³-hybridized carbons (Fsp3) is 0.529. The van der Waals surface area contributed by atoms with Crippen LogP contribution in [0.15, 0.2) is 24.3 Å². The highest BCUT2D eigenvalue weighted by Gasteiger charge is 2.26. The summed E-state index contributed by atoms with van der Waals surface area (Å²) >= 11 is 0. The Morgan fingerprint density at radius 2 is 1.67 bits per heavy atom. The molecule has 0 aliphatic carbocycles. The summed E-state index contributed by atoms with van der Waals surface area (Å²) in [4.78, 5) is 30.7. The SMILES string of the molecule is CN1CCN(C(=O)C(=O)Nc2ccccc2N2CCOCC2)CC1. The number of piperazine rings is 1. The Labute approximate surface area is 142 Å². The number of amides is 2. The monoisotopic (exact) mass is 332 g/mol. The van der Waals surface area contributed by atoms with Gasteiger partial charge in [0.15, 0.2) is 0 Å². The second-order valence-corrected chi connectivity index (χ2v) is 6.17.